The van der Waals surface area contributed by atoms with Crippen LogP contribution in [0.5, 0.6) is 0 Å². The van der Waals surface area contributed by atoms with E-state index >= 15 is 0 Å². The molecule has 3 nitrogen and oxygen atoms in total. The number of rotatable bonds is 3. The van der Waals surface area contributed by atoms with Gasteiger partial charge in [-0.2, -0.15) is 0 Å². The predicted molar refractivity (Wildman–Crippen MR) is 69.5 cm³/mol. The molecule has 1 heterocycles. The Morgan fingerprint density at radius 1 is 1.29 bits per heavy atom. The molecular weight excluding hydrogens is 232 g/mol. The van der Waals surface area contributed by atoms with Crippen LogP contribution in [0.4, 0.5) is 0 Å². The number of aryl methyl sites for hydroxylation is 2. The Kier molecular flexibility index (Phi) is 3.64. The Morgan fingerprint density at radius 2 is 2.00 bits per heavy atom. The van der Waals surface area contributed by atoms with Gasteiger partial charge in [-0.25, -0.2) is 4.98 Å². The molecule has 4 heteroatoms. The summed E-state index contributed by atoms with van der Waals surface area (Å²) in [7, 11) is 0. The van der Waals surface area contributed by atoms with Crippen molar-refractivity contribution in [1.82, 2.24) is 9.55 Å². The summed E-state index contributed by atoms with van der Waals surface area (Å²) in [4.78, 5) is 17.1. The lowest BCUT2D eigenvalue weighted by Gasteiger charge is -2.04. The minimum Gasteiger partial charge on any atom is -0.312 e. The molecule has 0 unspecified atom stereocenters. The van der Waals surface area contributed by atoms with E-state index < -0.39 is 0 Å². The van der Waals surface area contributed by atoms with Crippen molar-refractivity contribution in [3.63, 3.8) is 0 Å². The summed E-state index contributed by atoms with van der Waals surface area (Å²) < 4.78 is 1.66. The summed E-state index contributed by atoms with van der Waals surface area (Å²) in [5.41, 5.74) is 1.18. The summed E-state index contributed by atoms with van der Waals surface area (Å²) in [6.07, 6.45) is 3.38. The van der Waals surface area contributed by atoms with E-state index in [4.69, 9.17) is 0 Å². The normalized spacial score (nSPS) is 10.5. The molecule has 0 saturated heterocycles. The van der Waals surface area contributed by atoms with Gasteiger partial charge < -0.3 is 4.57 Å². The molecule has 0 fully saturated rings. The lowest BCUT2D eigenvalue weighted by molar-refractivity contribution is 0.692. The largest absolute Gasteiger partial charge is 0.312 e. The molecule has 0 radical (unpaired) electrons. The molecule has 1 aromatic heterocycles. The fraction of sp³-hybridized carbons (Fsp3) is 0.231. The van der Waals surface area contributed by atoms with E-state index in [9.17, 15) is 4.79 Å². The minimum absolute atomic E-state index is 0.0272. The number of nitrogens with zero attached hydrogens (tertiary/aromatic N) is 2. The first-order valence-corrected chi connectivity index (χ1v) is 6.32. The number of aromatic nitrogens is 2. The van der Waals surface area contributed by atoms with E-state index in [1.54, 1.807) is 17.0 Å². The van der Waals surface area contributed by atoms with Crippen LogP contribution in [0, 0.1) is 6.92 Å². The van der Waals surface area contributed by atoms with Crippen LogP contribution in [0.15, 0.2) is 51.4 Å². The first-order valence-electron chi connectivity index (χ1n) is 5.50. The third kappa shape index (κ3) is 2.77. The van der Waals surface area contributed by atoms with Crippen LogP contribution in [0.1, 0.15) is 12.5 Å². The Balaban J connectivity index is 2.30. The van der Waals surface area contributed by atoms with Crippen molar-refractivity contribution >= 4 is 11.8 Å². The maximum atomic E-state index is 12.0. The smallest absolute Gasteiger partial charge is 0.283 e. The third-order valence-corrected chi connectivity index (χ3v) is 3.44. The second-order valence-corrected chi connectivity index (χ2v) is 4.80. The molecule has 0 aliphatic carbocycles. The lowest BCUT2D eigenvalue weighted by Crippen LogP contribution is -2.20. The number of hydrogen-bond acceptors (Lipinski definition) is 3. The maximum Gasteiger partial charge on any atom is 0.283 e. The van der Waals surface area contributed by atoms with E-state index in [-0.39, 0.29) is 5.56 Å². The van der Waals surface area contributed by atoms with E-state index in [0.717, 1.165) is 4.90 Å². The molecule has 17 heavy (non-hydrogen) atoms. The van der Waals surface area contributed by atoms with Crippen LogP contribution in [0.25, 0.3) is 0 Å². The molecule has 0 amide bonds. The Morgan fingerprint density at radius 3 is 2.65 bits per heavy atom. The third-order valence-electron chi connectivity index (χ3n) is 2.46. The molecule has 0 atom stereocenters. The van der Waals surface area contributed by atoms with Crippen molar-refractivity contribution in [3.05, 3.63) is 52.6 Å². The second-order valence-electron chi connectivity index (χ2n) is 3.74. The molecule has 0 aliphatic heterocycles. The lowest BCUT2D eigenvalue weighted by atomic mass is 10.2. The van der Waals surface area contributed by atoms with Crippen molar-refractivity contribution in [2.45, 2.75) is 30.3 Å². The van der Waals surface area contributed by atoms with Crippen LogP contribution in [-0.2, 0) is 6.54 Å². The molecule has 2 aromatic rings. The van der Waals surface area contributed by atoms with Gasteiger partial charge in [0.15, 0.2) is 5.03 Å². The van der Waals surface area contributed by atoms with Crippen molar-refractivity contribution in [1.29, 1.82) is 0 Å². The van der Waals surface area contributed by atoms with Crippen LogP contribution >= 0.6 is 11.8 Å². The van der Waals surface area contributed by atoms with Gasteiger partial charge in [0.1, 0.15) is 0 Å². The van der Waals surface area contributed by atoms with Crippen LogP contribution in [0.2, 0.25) is 0 Å². The monoisotopic (exact) mass is 246 g/mol. The number of hydrogen-bond donors (Lipinski definition) is 0. The molecule has 0 saturated carbocycles. The van der Waals surface area contributed by atoms with Crippen LogP contribution in [0.3, 0.4) is 0 Å². The summed E-state index contributed by atoms with van der Waals surface area (Å²) in [6.45, 7) is 4.66. The SMILES string of the molecule is CCn1ccnc(Sc2ccc(C)cc2)c1=O. The standard InChI is InChI=1S/C13H14N2OS/c1-3-15-9-8-14-12(13(15)16)17-11-6-4-10(2)5-7-11/h4-9H,3H2,1-2H3. The van der Waals surface area contributed by atoms with Crippen LogP contribution in [-0.4, -0.2) is 9.55 Å². The first kappa shape index (κ1) is 11.9. The van der Waals surface area contributed by atoms with Crippen molar-refractivity contribution < 1.29 is 0 Å². The molecule has 0 bridgehead atoms. The van der Waals surface area contributed by atoms with Gasteiger partial charge in [0.05, 0.1) is 0 Å². The highest BCUT2D eigenvalue weighted by molar-refractivity contribution is 7.99. The summed E-state index contributed by atoms with van der Waals surface area (Å²) in [5.74, 6) is 0. The summed E-state index contributed by atoms with van der Waals surface area (Å²) in [6, 6.07) is 8.07. The minimum atomic E-state index is -0.0272. The van der Waals surface area contributed by atoms with Gasteiger partial charge in [0, 0.05) is 23.8 Å². The van der Waals surface area contributed by atoms with E-state index in [1.807, 2.05) is 38.1 Å². The van der Waals surface area contributed by atoms with Gasteiger partial charge in [-0.05, 0) is 26.0 Å². The highest BCUT2D eigenvalue weighted by Gasteiger charge is 2.05. The Bertz CT molecular complexity index is 560. The zero-order valence-corrected chi connectivity index (χ0v) is 10.7. The average Bonchev–Trinajstić information content (AvgIpc) is 2.35. The van der Waals surface area contributed by atoms with Crippen molar-refractivity contribution in [2.24, 2.45) is 0 Å². The topological polar surface area (TPSA) is 34.9 Å². The highest BCUT2D eigenvalue weighted by atomic mass is 32.2. The number of benzene rings is 1. The van der Waals surface area contributed by atoms with Gasteiger partial charge in [-0.3, -0.25) is 4.79 Å². The molecule has 0 N–H and O–H groups in total. The second kappa shape index (κ2) is 5.19. The zero-order chi connectivity index (χ0) is 12.3. The summed E-state index contributed by atoms with van der Waals surface area (Å²) in [5, 5.41) is 0.526. The average molecular weight is 246 g/mol. The molecule has 0 aliphatic rings. The maximum absolute atomic E-state index is 12.0. The Labute approximate surface area is 105 Å². The first-order chi connectivity index (χ1) is 8.20. The molecule has 1 aromatic carbocycles. The quantitative estimate of drug-likeness (QED) is 0.835. The molecular formula is C13H14N2OS. The van der Waals surface area contributed by atoms with E-state index in [1.165, 1.54) is 17.3 Å². The molecule has 2 rings (SSSR count). The van der Waals surface area contributed by atoms with Gasteiger partial charge in [0.25, 0.3) is 5.56 Å². The van der Waals surface area contributed by atoms with E-state index in [0.29, 0.717) is 11.6 Å². The fourth-order valence-corrected chi connectivity index (χ4v) is 2.28. The van der Waals surface area contributed by atoms with Gasteiger partial charge in [-0.15, -0.1) is 0 Å². The van der Waals surface area contributed by atoms with Crippen LogP contribution < -0.4 is 5.56 Å². The van der Waals surface area contributed by atoms with Crippen molar-refractivity contribution in [3.8, 4) is 0 Å². The Hall–Kier alpha value is -1.55. The zero-order valence-electron chi connectivity index (χ0n) is 9.88. The predicted octanol–water partition coefficient (Wildman–Crippen LogP) is 2.72. The van der Waals surface area contributed by atoms with Crippen molar-refractivity contribution in [2.75, 3.05) is 0 Å². The van der Waals surface area contributed by atoms with E-state index in [2.05, 4.69) is 4.98 Å². The highest BCUT2D eigenvalue weighted by Crippen LogP contribution is 2.23. The summed E-state index contributed by atoms with van der Waals surface area (Å²) >= 11 is 1.41. The van der Waals surface area contributed by atoms with Gasteiger partial charge in [0.2, 0.25) is 0 Å². The molecule has 88 valence electrons. The van der Waals surface area contributed by atoms with Gasteiger partial charge >= 0.3 is 0 Å². The molecule has 0 spiro atoms. The fourth-order valence-electron chi connectivity index (χ4n) is 1.46. The van der Waals surface area contributed by atoms with Gasteiger partial charge in [-0.1, -0.05) is 29.5 Å².